The first-order chi connectivity index (χ1) is 8.87. The standard InChI is InChI=1S/C12H16F3N3O/c1-9-7-17(6-4-16-9)11(19)10-3-2-5-18(10)8-12(13,14)15/h2-3,5,9,16H,4,6-8H2,1H3/t9-/m1/s1. The second kappa shape index (κ2) is 5.24. The average molecular weight is 275 g/mol. The predicted octanol–water partition coefficient (Wildman–Crippen LogP) is 1.48. The zero-order valence-corrected chi connectivity index (χ0v) is 10.6. The van der Waals surface area contributed by atoms with Crippen LogP contribution in [0.15, 0.2) is 18.3 Å². The van der Waals surface area contributed by atoms with Crippen LogP contribution in [0.3, 0.4) is 0 Å². The van der Waals surface area contributed by atoms with Crippen molar-refractivity contribution in [2.75, 3.05) is 19.6 Å². The Kier molecular flexibility index (Phi) is 3.84. The molecule has 1 saturated heterocycles. The molecule has 1 amide bonds. The molecule has 1 aliphatic heterocycles. The van der Waals surface area contributed by atoms with Crippen molar-refractivity contribution < 1.29 is 18.0 Å². The van der Waals surface area contributed by atoms with E-state index in [4.69, 9.17) is 0 Å². The van der Waals surface area contributed by atoms with E-state index in [0.717, 1.165) is 4.57 Å². The maximum absolute atomic E-state index is 12.4. The lowest BCUT2D eigenvalue weighted by Gasteiger charge is -2.32. The summed E-state index contributed by atoms with van der Waals surface area (Å²) in [5.74, 6) is -0.345. The third-order valence-corrected chi connectivity index (χ3v) is 3.05. The van der Waals surface area contributed by atoms with Gasteiger partial charge in [-0.25, -0.2) is 0 Å². The van der Waals surface area contributed by atoms with Crippen LogP contribution in [0.25, 0.3) is 0 Å². The molecule has 1 aromatic heterocycles. The minimum atomic E-state index is -4.33. The molecule has 7 heteroatoms. The van der Waals surface area contributed by atoms with Gasteiger partial charge in [-0.15, -0.1) is 0 Å². The lowest BCUT2D eigenvalue weighted by Crippen LogP contribution is -2.51. The van der Waals surface area contributed by atoms with Gasteiger partial charge in [-0.05, 0) is 19.1 Å². The molecule has 0 aromatic carbocycles. The van der Waals surface area contributed by atoms with E-state index in [1.165, 1.54) is 18.3 Å². The van der Waals surface area contributed by atoms with E-state index in [0.29, 0.717) is 19.6 Å². The Labute approximate surface area is 109 Å². The molecule has 2 rings (SSSR count). The second-order valence-electron chi connectivity index (χ2n) is 4.74. The third kappa shape index (κ3) is 3.50. The number of carbonyl (C=O) groups excluding carboxylic acids is 1. The molecule has 0 radical (unpaired) electrons. The molecule has 0 bridgehead atoms. The predicted molar refractivity (Wildman–Crippen MR) is 63.9 cm³/mol. The van der Waals surface area contributed by atoms with Crippen LogP contribution in [0.2, 0.25) is 0 Å². The number of hydrogen-bond acceptors (Lipinski definition) is 2. The van der Waals surface area contributed by atoms with E-state index in [-0.39, 0.29) is 17.6 Å². The molecule has 4 nitrogen and oxygen atoms in total. The first kappa shape index (κ1) is 13.9. The summed E-state index contributed by atoms with van der Waals surface area (Å²) in [6, 6.07) is 3.05. The molecule has 0 saturated carbocycles. The van der Waals surface area contributed by atoms with Gasteiger partial charge < -0.3 is 14.8 Å². The molecule has 1 aliphatic rings. The molecule has 1 aromatic rings. The van der Waals surface area contributed by atoms with Crippen molar-refractivity contribution in [1.82, 2.24) is 14.8 Å². The van der Waals surface area contributed by atoms with Gasteiger partial charge in [-0.3, -0.25) is 4.79 Å². The largest absolute Gasteiger partial charge is 0.406 e. The molecule has 0 aliphatic carbocycles. The highest BCUT2D eigenvalue weighted by atomic mass is 19.4. The highest BCUT2D eigenvalue weighted by Crippen LogP contribution is 2.20. The quantitative estimate of drug-likeness (QED) is 0.888. The SMILES string of the molecule is C[C@@H]1CN(C(=O)c2cccn2CC(F)(F)F)CCN1. The van der Waals surface area contributed by atoms with Crippen LogP contribution in [0.5, 0.6) is 0 Å². The molecule has 1 fully saturated rings. The van der Waals surface area contributed by atoms with E-state index in [9.17, 15) is 18.0 Å². The van der Waals surface area contributed by atoms with Gasteiger partial charge in [0.2, 0.25) is 0 Å². The first-order valence-corrected chi connectivity index (χ1v) is 6.11. The molecular weight excluding hydrogens is 259 g/mol. The van der Waals surface area contributed by atoms with Crippen molar-refractivity contribution in [1.29, 1.82) is 0 Å². The van der Waals surface area contributed by atoms with Crippen molar-refractivity contribution >= 4 is 5.91 Å². The van der Waals surface area contributed by atoms with Crippen LogP contribution < -0.4 is 5.32 Å². The van der Waals surface area contributed by atoms with Gasteiger partial charge in [0.05, 0.1) is 0 Å². The van der Waals surface area contributed by atoms with Gasteiger partial charge >= 0.3 is 6.18 Å². The third-order valence-electron chi connectivity index (χ3n) is 3.05. The number of halogens is 3. The molecule has 19 heavy (non-hydrogen) atoms. The van der Waals surface area contributed by atoms with Gasteiger partial charge in [-0.2, -0.15) is 13.2 Å². The maximum atomic E-state index is 12.4. The number of rotatable bonds is 2. The number of piperazine rings is 1. The fourth-order valence-corrected chi connectivity index (χ4v) is 2.22. The van der Waals surface area contributed by atoms with Crippen LogP contribution >= 0.6 is 0 Å². The molecule has 0 unspecified atom stereocenters. The average Bonchev–Trinajstić information content (AvgIpc) is 2.73. The fourth-order valence-electron chi connectivity index (χ4n) is 2.22. The first-order valence-electron chi connectivity index (χ1n) is 6.11. The molecule has 2 heterocycles. The minimum Gasteiger partial charge on any atom is -0.335 e. The Morgan fingerprint density at radius 1 is 1.53 bits per heavy atom. The topological polar surface area (TPSA) is 37.3 Å². The van der Waals surface area contributed by atoms with Gasteiger partial charge in [-0.1, -0.05) is 0 Å². The van der Waals surface area contributed by atoms with E-state index in [1.807, 2.05) is 6.92 Å². The molecule has 0 spiro atoms. The van der Waals surface area contributed by atoms with E-state index < -0.39 is 12.7 Å². The zero-order chi connectivity index (χ0) is 14.0. The monoisotopic (exact) mass is 275 g/mol. The highest BCUT2D eigenvalue weighted by molar-refractivity contribution is 5.92. The molecule has 1 N–H and O–H groups in total. The number of hydrogen-bond donors (Lipinski definition) is 1. The summed E-state index contributed by atoms with van der Waals surface area (Å²) in [6.45, 7) is 2.49. The Balaban J connectivity index is 2.13. The smallest absolute Gasteiger partial charge is 0.335 e. The van der Waals surface area contributed by atoms with Crippen LogP contribution in [-0.4, -0.2) is 47.2 Å². The Morgan fingerprint density at radius 2 is 2.26 bits per heavy atom. The van der Waals surface area contributed by atoms with Crippen molar-refractivity contribution in [3.63, 3.8) is 0 Å². The number of nitrogens with one attached hydrogen (secondary N) is 1. The zero-order valence-electron chi connectivity index (χ0n) is 10.6. The number of nitrogens with zero attached hydrogens (tertiary/aromatic N) is 2. The van der Waals surface area contributed by atoms with Crippen LogP contribution in [0, 0.1) is 0 Å². The summed E-state index contributed by atoms with van der Waals surface area (Å²) >= 11 is 0. The number of alkyl halides is 3. The fraction of sp³-hybridized carbons (Fsp3) is 0.583. The van der Waals surface area contributed by atoms with Crippen LogP contribution in [-0.2, 0) is 6.54 Å². The van der Waals surface area contributed by atoms with Crippen molar-refractivity contribution in [2.45, 2.75) is 25.7 Å². The van der Waals surface area contributed by atoms with E-state index in [1.54, 1.807) is 4.90 Å². The number of carbonyl (C=O) groups is 1. The number of aromatic nitrogens is 1. The second-order valence-corrected chi connectivity index (χ2v) is 4.74. The van der Waals surface area contributed by atoms with Crippen LogP contribution in [0.1, 0.15) is 17.4 Å². The van der Waals surface area contributed by atoms with E-state index >= 15 is 0 Å². The molecular formula is C12H16F3N3O. The maximum Gasteiger partial charge on any atom is 0.406 e. The summed E-state index contributed by atoms with van der Waals surface area (Å²) in [4.78, 5) is 13.8. The Bertz CT molecular complexity index is 455. The normalized spacial score (nSPS) is 20.6. The Morgan fingerprint density at radius 3 is 2.89 bits per heavy atom. The number of amides is 1. The van der Waals surface area contributed by atoms with Crippen molar-refractivity contribution in [2.24, 2.45) is 0 Å². The van der Waals surface area contributed by atoms with Gasteiger partial charge in [0, 0.05) is 31.9 Å². The van der Waals surface area contributed by atoms with Gasteiger partial charge in [0.15, 0.2) is 0 Å². The minimum absolute atomic E-state index is 0.0893. The molecule has 1 atom stereocenters. The summed E-state index contributed by atoms with van der Waals surface area (Å²) in [7, 11) is 0. The summed E-state index contributed by atoms with van der Waals surface area (Å²) < 4.78 is 38.2. The highest BCUT2D eigenvalue weighted by Gasteiger charge is 2.31. The van der Waals surface area contributed by atoms with E-state index in [2.05, 4.69) is 5.32 Å². The summed E-state index contributed by atoms with van der Waals surface area (Å²) in [6.07, 6.45) is -3.04. The van der Waals surface area contributed by atoms with Gasteiger partial charge in [0.1, 0.15) is 12.2 Å². The lowest BCUT2D eigenvalue weighted by atomic mass is 10.2. The lowest BCUT2D eigenvalue weighted by molar-refractivity contribution is -0.140. The van der Waals surface area contributed by atoms with Gasteiger partial charge in [0.25, 0.3) is 5.91 Å². The van der Waals surface area contributed by atoms with Crippen molar-refractivity contribution in [3.05, 3.63) is 24.0 Å². The van der Waals surface area contributed by atoms with Crippen LogP contribution in [0.4, 0.5) is 13.2 Å². The summed E-state index contributed by atoms with van der Waals surface area (Å²) in [5.41, 5.74) is 0.0893. The summed E-state index contributed by atoms with van der Waals surface area (Å²) in [5, 5.41) is 3.18. The Hall–Kier alpha value is -1.50. The molecule has 106 valence electrons. The van der Waals surface area contributed by atoms with Crippen molar-refractivity contribution in [3.8, 4) is 0 Å².